The molecule has 2 aromatic rings. The maximum absolute atomic E-state index is 12.8. The van der Waals surface area contributed by atoms with E-state index >= 15 is 0 Å². The number of rotatable bonds is 2. The van der Waals surface area contributed by atoms with Crippen molar-refractivity contribution in [2.75, 3.05) is 5.32 Å². The predicted octanol–water partition coefficient (Wildman–Crippen LogP) is 3.62. The summed E-state index contributed by atoms with van der Waals surface area (Å²) in [6, 6.07) is 0.471. The van der Waals surface area contributed by atoms with Crippen molar-refractivity contribution >= 4 is 27.5 Å². The van der Waals surface area contributed by atoms with Crippen molar-refractivity contribution in [1.82, 2.24) is 9.55 Å². The molecule has 0 aliphatic heterocycles. The largest absolute Gasteiger partial charge is 0.353 e. The van der Waals surface area contributed by atoms with Gasteiger partial charge in [0, 0.05) is 18.0 Å². The van der Waals surface area contributed by atoms with E-state index in [0.717, 1.165) is 29.0 Å². The van der Waals surface area contributed by atoms with Crippen LogP contribution in [0.25, 0.3) is 10.2 Å². The van der Waals surface area contributed by atoms with Crippen LogP contribution in [-0.2, 0) is 19.9 Å². The van der Waals surface area contributed by atoms with E-state index in [1.54, 1.807) is 15.9 Å². The number of hydrogen-bond donors (Lipinski definition) is 1. The van der Waals surface area contributed by atoms with E-state index in [0.29, 0.717) is 6.04 Å². The second kappa shape index (κ2) is 5.69. The molecule has 0 radical (unpaired) electrons. The maximum atomic E-state index is 12.8. The molecule has 2 aromatic heterocycles. The van der Waals surface area contributed by atoms with Crippen molar-refractivity contribution in [2.45, 2.75) is 63.8 Å². The van der Waals surface area contributed by atoms with Crippen molar-refractivity contribution in [2.24, 2.45) is 7.05 Å². The molecule has 22 heavy (non-hydrogen) atoms. The normalized spacial score (nSPS) is 19.3. The van der Waals surface area contributed by atoms with Gasteiger partial charge in [-0.1, -0.05) is 19.3 Å². The Morgan fingerprint density at radius 1 is 1.14 bits per heavy atom. The van der Waals surface area contributed by atoms with E-state index in [1.807, 2.05) is 7.05 Å². The van der Waals surface area contributed by atoms with E-state index in [4.69, 9.17) is 4.98 Å². The highest BCUT2D eigenvalue weighted by Crippen LogP contribution is 2.34. The van der Waals surface area contributed by atoms with Crippen molar-refractivity contribution in [3.63, 3.8) is 0 Å². The summed E-state index contributed by atoms with van der Waals surface area (Å²) < 4.78 is 1.72. The Hall–Kier alpha value is -1.36. The summed E-state index contributed by atoms with van der Waals surface area (Å²) >= 11 is 1.73. The van der Waals surface area contributed by atoms with Gasteiger partial charge in [-0.25, -0.2) is 4.98 Å². The molecule has 0 spiro atoms. The Balaban J connectivity index is 1.76. The molecule has 0 saturated heterocycles. The molecular formula is C17H23N3OS. The number of aryl methyl sites for hydroxylation is 2. The predicted molar refractivity (Wildman–Crippen MR) is 92.0 cm³/mol. The molecule has 4 rings (SSSR count). The van der Waals surface area contributed by atoms with Gasteiger partial charge >= 0.3 is 0 Å². The molecule has 0 aromatic carbocycles. The highest BCUT2D eigenvalue weighted by atomic mass is 32.1. The summed E-state index contributed by atoms with van der Waals surface area (Å²) in [6.45, 7) is 0. The lowest BCUT2D eigenvalue weighted by molar-refractivity contribution is 0.459. The average Bonchev–Trinajstić information content (AvgIpc) is 2.91. The standard InChI is InChI=1S/C17H23N3OS/c1-20-16(21)14-12-9-5-6-10-13(12)22-15(14)19-17(20)18-11-7-3-2-4-8-11/h11H,2-10H2,1H3,(H,18,19). The van der Waals surface area contributed by atoms with Gasteiger partial charge in [0.15, 0.2) is 0 Å². The number of nitrogens with one attached hydrogen (secondary N) is 1. The first kappa shape index (κ1) is 14.2. The molecule has 0 bridgehead atoms. The molecule has 0 unspecified atom stereocenters. The van der Waals surface area contributed by atoms with Gasteiger partial charge in [-0.05, 0) is 44.1 Å². The van der Waals surface area contributed by atoms with Crippen molar-refractivity contribution in [3.05, 3.63) is 20.8 Å². The van der Waals surface area contributed by atoms with Crippen molar-refractivity contribution in [1.29, 1.82) is 0 Å². The maximum Gasteiger partial charge on any atom is 0.263 e. The molecule has 0 atom stereocenters. The van der Waals surface area contributed by atoms with Gasteiger partial charge < -0.3 is 5.32 Å². The van der Waals surface area contributed by atoms with Crippen LogP contribution in [-0.4, -0.2) is 15.6 Å². The smallest absolute Gasteiger partial charge is 0.263 e. The van der Waals surface area contributed by atoms with Gasteiger partial charge in [-0.15, -0.1) is 11.3 Å². The second-order valence-corrected chi connectivity index (χ2v) is 7.75. The third-order valence-corrected chi connectivity index (χ3v) is 6.32. The van der Waals surface area contributed by atoms with Gasteiger partial charge in [0.2, 0.25) is 5.95 Å². The first-order chi connectivity index (χ1) is 10.7. The Bertz CT molecular complexity index is 755. The molecule has 1 N–H and O–H groups in total. The number of nitrogens with zero attached hydrogens (tertiary/aromatic N) is 2. The summed E-state index contributed by atoms with van der Waals surface area (Å²) in [5.74, 6) is 0.753. The minimum atomic E-state index is 0.128. The lowest BCUT2D eigenvalue weighted by Crippen LogP contribution is -2.29. The summed E-state index contributed by atoms with van der Waals surface area (Å²) in [5, 5.41) is 4.41. The second-order valence-electron chi connectivity index (χ2n) is 6.67. The van der Waals surface area contributed by atoms with Gasteiger partial charge in [0.1, 0.15) is 4.83 Å². The van der Waals surface area contributed by atoms with E-state index < -0.39 is 0 Å². The molecular weight excluding hydrogens is 294 g/mol. The third kappa shape index (κ3) is 2.35. The molecule has 2 aliphatic rings. The molecule has 2 aliphatic carbocycles. The van der Waals surface area contributed by atoms with Gasteiger partial charge in [0.25, 0.3) is 5.56 Å². The topological polar surface area (TPSA) is 46.9 Å². The quantitative estimate of drug-likeness (QED) is 0.920. The summed E-state index contributed by atoms with van der Waals surface area (Å²) in [4.78, 5) is 19.9. The monoisotopic (exact) mass is 317 g/mol. The molecule has 118 valence electrons. The minimum Gasteiger partial charge on any atom is -0.353 e. The highest BCUT2D eigenvalue weighted by molar-refractivity contribution is 7.18. The van der Waals surface area contributed by atoms with Crippen LogP contribution in [0, 0.1) is 0 Å². The lowest BCUT2D eigenvalue weighted by atomic mass is 9.96. The number of hydrogen-bond acceptors (Lipinski definition) is 4. The lowest BCUT2D eigenvalue weighted by Gasteiger charge is -2.24. The van der Waals surface area contributed by atoms with E-state index in [-0.39, 0.29) is 5.56 Å². The van der Waals surface area contributed by atoms with Gasteiger partial charge in [0.05, 0.1) is 5.39 Å². The van der Waals surface area contributed by atoms with Crippen LogP contribution in [0.4, 0.5) is 5.95 Å². The summed E-state index contributed by atoms with van der Waals surface area (Å²) in [5.41, 5.74) is 1.41. The van der Waals surface area contributed by atoms with Crippen LogP contribution in [0.1, 0.15) is 55.4 Å². The van der Waals surface area contributed by atoms with Crippen LogP contribution in [0.15, 0.2) is 4.79 Å². The Morgan fingerprint density at radius 3 is 2.73 bits per heavy atom. The fraction of sp³-hybridized carbons (Fsp3) is 0.647. The first-order valence-electron chi connectivity index (χ1n) is 8.52. The number of aromatic nitrogens is 2. The van der Waals surface area contributed by atoms with E-state index in [2.05, 4.69) is 5.32 Å². The Kier molecular flexibility index (Phi) is 3.68. The zero-order valence-electron chi connectivity index (χ0n) is 13.2. The van der Waals surface area contributed by atoms with E-state index in [9.17, 15) is 4.79 Å². The van der Waals surface area contributed by atoms with Crippen LogP contribution >= 0.6 is 11.3 Å². The van der Waals surface area contributed by atoms with Crippen molar-refractivity contribution in [3.8, 4) is 0 Å². The molecule has 4 nitrogen and oxygen atoms in total. The fourth-order valence-electron chi connectivity index (χ4n) is 3.84. The zero-order valence-corrected chi connectivity index (χ0v) is 14.0. The van der Waals surface area contributed by atoms with Gasteiger partial charge in [-0.3, -0.25) is 9.36 Å². The van der Waals surface area contributed by atoms with Crippen LogP contribution in [0.2, 0.25) is 0 Å². The molecule has 1 fully saturated rings. The molecule has 0 amide bonds. The summed E-state index contributed by atoms with van der Waals surface area (Å²) in [7, 11) is 1.85. The summed E-state index contributed by atoms with van der Waals surface area (Å²) in [6.07, 6.45) is 10.9. The van der Waals surface area contributed by atoms with Crippen LogP contribution < -0.4 is 10.9 Å². The van der Waals surface area contributed by atoms with Crippen molar-refractivity contribution < 1.29 is 0 Å². The SMILES string of the molecule is Cn1c(NC2CCCCC2)nc2sc3c(c2c1=O)CCCC3. The molecule has 5 heteroatoms. The Morgan fingerprint density at radius 2 is 1.91 bits per heavy atom. The first-order valence-corrected chi connectivity index (χ1v) is 9.33. The fourth-order valence-corrected chi connectivity index (χ4v) is 5.10. The molecule has 1 saturated carbocycles. The van der Waals surface area contributed by atoms with Crippen LogP contribution in [0.3, 0.4) is 0 Å². The minimum absolute atomic E-state index is 0.128. The Labute approximate surface area is 134 Å². The molecule has 2 heterocycles. The zero-order chi connectivity index (χ0) is 15.1. The average molecular weight is 317 g/mol. The van der Waals surface area contributed by atoms with E-state index in [1.165, 1.54) is 55.4 Å². The number of anilines is 1. The highest BCUT2D eigenvalue weighted by Gasteiger charge is 2.22. The number of thiophene rings is 1. The third-order valence-electron chi connectivity index (χ3n) is 5.13. The van der Waals surface area contributed by atoms with Crippen LogP contribution in [0.5, 0.6) is 0 Å². The number of fused-ring (bicyclic) bond motifs is 3. The van der Waals surface area contributed by atoms with Gasteiger partial charge in [-0.2, -0.15) is 0 Å².